The van der Waals surface area contributed by atoms with E-state index < -0.39 is 0 Å². The first-order valence-corrected chi connectivity index (χ1v) is 8.29. The van der Waals surface area contributed by atoms with Gasteiger partial charge in [-0.15, -0.1) is 0 Å². The van der Waals surface area contributed by atoms with Crippen molar-refractivity contribution in [2.75, 3.05) is 19.0 Å². The van der Waals surface area contributed by atoms with Crippen LogP contribution in [0.25, 0.3) is 5.78 Å². The van der Waals surface area contributed by atoms with Gasteiger partial charge >= 0.3 is 0 Å². The van der Waals surface area contributed by atoms with Gasteiger partial charge < -0.3 is 10.1 Å². The Morgan fingerprint density at radius 3 is 2.92 bits per heavy atom. The first-order chi connectivity index (χ1) is 11.7. The molecule has 0 radical (unpaired) electrons. The quantitative estimate of drug-likeness (QED) is 0.647. The summed E-state index contributed by atoms with van der Waals surface area (Å²) in [5.41, 5.74) is 1.89. The fourth-order valence-electron chi connectivity index (χ4n) is 2.43. The molecule has 2 aromatic heterocycles. The van der Waals surface area contributed by atoms with E-state index >= 15 is 0 Å². The standard InChI is InChI=1S/C16H17Cl2N5O/c1-24-9-13-8-15(23-16(22-13)20-10-21-23)19-6-2-3-11-4-5-12(17)7-14(11)18/h4-5,7-8,10,19H,2-3,6,9H2,1H3. The topological polar surface area (TPSA) is 64.3 Å². The molecule has 0 unspecified atom stereocenters. The summed E-state index contributed by atoms with van der Waals surface area (Å²) >= 11 is 12.1. The number of aromatic nitrogens is 4. The van der Waals surface area contributed by atoms with Gasteiger partial charge in [0.05, 0.1) is 12.3 Å². The highest BCUT2D eigenvalue weighted by atomic mass is 35.5. The number of methoxy groups -OCH3 is 1. The highest BCUT2D eigenvalue weighted by molar-refractivity contribution is 6.35. The van der Waals surface area contributed by atoms with Gasteiger partial charge in [0.2, 0.25) is 0 Å². The summed E-state index contributed by atoms with van der Waals surface area (Å²) in [4.78, 5) is 8.51. The molecule has 0 aliphatic rings. The molecule has 0 aliphatic heterocycles. The molecule has 0 fully saturated rings. The lowest BCUT2D eigenvalue weighted by Gasteiger charge is -2.10. The van der Waals surface area contributed by atoms with E-state index in [-0.39, 0.29) is 0 Å². The fraction of sp³-hybridized carbons (Fsp3) is 0.312. The van der Waals surface area contributed by atoms with Crippen molar-refractivity contribution < 1.29 is 4.74 Å². The number of hydrogen-bond donors (Lipinski definition) is 1. The third-order valence-corrected chi connectivity index (χ3v) is 4.13. The molecule has 0 aliphatic carbocycles. The lowest BCUT2D eigenvalue weighted by atomic mass is 10.1. The number of anilines is 1. The number of rotatable bonds is 7. The summed E-state index contributed by atoms with van der Waals surface area (Å²) in [6.45, 7) is 1.20. The monoisotopic (exact) mass is 365 g/mol. The van der Waals surface area contributed by atoms with Crippen LogP contribution in [0.5, 0.6) is 0 Å². The second-order valence-electron chi connectivity index (χ2n) is 5.30. The summed E-state index contributed by atoms with van der Waals surface area (Å²) in [7, 11) is 1.64. The molecule has 0 bridgehead atoms. The molecule has 0 amide bonds. The first kappa shape index (κ1) is 17.0. The fourth-order valence-corrected chi connectivity index (χ4v) is 2.93. The Labute approximate surface area is 149 Å². The lowest BCUT2D eigenvalue weighted by Crippen LogP contribution is -2.10. The second-order valence-corrected chi connectivity index (χ2v) is 6.15. The molecular weight excluding hydrogens is 349 g/mol. The molecule has 0 saturated carbocycles. The number of nitrogens with one attached hydrogen (secondary N) is 1. The normalized spacial score (nSPS) is 11.1. The van der Waals surface area contributed by atoms with E-state index in [1.165, 1.54) is 6.33 Å². The van der Waals surface area contributed by atoms with Crippen LogP contribution in [0.15, 0.2) is 30.6 Å². The minimum atomic E-state index is 0.429. The summed E-state index contributed by atoms with van der Waals surface area (Å²) in [5.74, 6) is 1.39. The van der Waals surface area contributed by atoms with Crippen LogP contribution in [-0.4, -0.2) is 33.2 Å². The molecule has 3 rings (SSSR count). The predicted octanol–water partition coefficient (Wildman–Crippen LogP) is 3.62. The first-order valence-electron chi connectivity index (χ1n) is 7.54. The van der Waals surface area contributed by atoms with E-state index in [1.807, 2.05) is 18.2 Å². The number of ether oxygens (including phenoxy) is 1. The van der Waals surface area contributed by atoms with Crippen LogP contribution in [-0.2, 0) is 17.8 Å². The van der Waals surface area contributed by atoms with Crippen molar-refractivity contribution in [2.45, 2.75) is 19.4 Å². The zero-order valence-electron chi connectivity index (χ0n) is 13.2. The molecule has 8 heteroatoms. The van der Waals surface area contributed by atoms with Crippen molar-refractivity contribution >= 4 is 34.8 Å². The van der Waals surface area contributed by atoms with E-state index in [0.29, 0.717) is 22.4 Å². The van der Waals surface area contributed by atoms with Gasteiger partial charge in [-0.05, 0) is 30.5 Å². The van der Waals surface area contributed by atoms with E-state index in [2.05, 4.69) is 20.4 Å². The van der Waals surface area contributed by atoms with Crippen LogP contribution in [0.4, 0.5) is 5.82 Å². The van der Waals surface area contributed by atoms with Gasteiger partial charge in [-0.25, -0.2) is 4.98 Å². The average Bonchev–Trinajstić information content (AvgIpc) is 3.02. The molecule has 0 saturated heterocycles. The van der Waals surface area contributed by atoms with Gasteiger partial charge in [-0.2, -0.15) is 14.6 Å². The number of hydrogen-bond acceptors (Lipinski definition) is 5. The van der Waals surface area contributed by atoms with Crippen molar-refractivity contribution in [1.82, 2.24) is 19.6 Å². The summed E-state index contributed by atoms with van der Waals surface area (Å²) < 4.78 is 6.82. The SMILES string of the molecule is COCc1cc(NCCCc2ccc(Cl)cc2Cl)n2ncnc2n1. The zero-order valence-corrected chi connectivity index (χ0v) is 14.7. The highest BCUT2D eigenvalue weighted by Crippen LogP contribution is 2.22. The van der Waals surface area contributed by atoms with Gasteiger partial charge in [-0.3, -0.25) is 0 Å². The third-order valence-electron chi connectivity index (χ3n) is 3.54. The molecule has 0 spiro atoms. The maximum absolute atomic E-state index is 6.20. The Morgan fingerprint density at radius 2 is 2.12 bits per heavy atom. The molecule has 3 aromatic rings. The van der Waals surface area contributed by atoms with Crippen molar-refractivity contribution in [3.63, 3.8) is 0 Å². The van der Waals surface area contributed by atoms with Crippen LogP contribution in [0.1, 0.15) is 17.7 Å². The molecule has 6 nitrogen and oxygen atoms in total. The Kier molecular flexibility index (Phi) is 5.50. The third kappa shape index (κ3) is 3.95. The van der Waals surface area contributed by atoms with Gasteiger partial charge in [0.15, 0.2) is 0 Å². The van der Waals surface area contributed by atoms with Crippen molar-refractivity contribution in [1.29, 1.82) is 0 Å². The molecule has 126 valence electrons. The van der Waals surface area contributed by atoms with Crippen LogP contribution in [0, 0.1) is 0 Å². The van der Waals surface area contributed by atoms with Gasteiger partial charge in [-0.1, -0.05) is 29.3 Å². The van der Waals surface area contributed by atoms with Crippen LogP contribution in [0.2, 0.25) is 10.0 Å². The highest BCUT2D eigenvalue weighted by Gasteiger charge is 2.07. The van der Waals surface area contributed by atoms with E-state index in [4.69, 9.17) is 27.9 Å². The van der Waals surface area contributed by atoms with Gasteiger partial charge in [0.25, 0.3) is 5.78 Å². The number of benzene rings is 1. The molecule has 2 heterocycles. The van der Waals surface area contributed by atoms with Crippen LogP contribution in [0.3, 0.4) is 0 Å². The largest absolute Gasteiger partial charge is 0.378 e. The van der Waals surface area contributed by atoms with Crippen molar-refractivity contribution in [3.05, 3.63) is 51.9 Å². The number of aryl methyl sites for hydroxylation is 1. The number of nitrogens with zero attached hydrogens (tertiary/aromatic N) is 4. The summed E-state index contributed by atoms with van der Waals surface area (Å²) in [6.07, 6.45) is 3.26. The van der Waals surface area contributed by atoms with Crippen LogP contribution < -0.4 is 5.32 Å². The molecular formula is C16H17Cl2N5O. The summed E-state index contributed by atoms with van der Waals surface area (Å²) in [6, 6.07) is 7.50. The maximum Gasteiger partial charge on any atom is 0.254 e. The Balaban J connectivity index is 1.64. The van der Waals surface area contributed by atoms with E-state index in [0.717, 1.165) is 36.5 Å². The molecule has 1 N–H and O–H groups in total. The Bertz CT molecular complexity index is 836. The minimum Gasteiger partial charge on any atom is -0.378 e. The van der Waals surface area contributed by atoms with E-state index in [1.54, 1.807) is 17.7 Å². The second kappa shape index (κ2) is 7.79. The Morgan fingerprint density at radius 1 is 1.25 bits per heavy atom. The Hall–Kier alpha value is -1.89. The maximum atomic E-state index is 6.20. The van der Waals surface area contributed by atoms with Crippen molar-refractivity contribution in [2.24, 2.45) is 0 Å². The molecule has 0 atom stereocenters. The number of fused-ring (bicyclic) bond motifs is 1. The van der Waals surface area contributed by atoms with E-state index in [9.17, 15) is 0 Å². The predicted molar refractivity (Wildman–Crippen MR) is 94.8 cm³/mol. The van der Waals surface area contributed by atoms with Gasteiger partial charge in [0, 0.05) is 29.8 Å². The molecule has 1 aromatic carbocycles. The molecule has 24 heavy (non-hydrogen) atoms. The average molecular weight is 366 g/mol. The zero-order chi connectivity index (χ0) is 16.9. The van der Waals surface area contributed by atoms with Crippen molar-refractivity contribution in [3.8, 4) is 0 Å². The van der Waals surface area contributed by atoms with Crippen LogP contribution >= 0.6 is 23.2 Å². The minimum absolute atomic E-state index is 0.429. The smallest absolute Gasteiger partial charge is 0.254 e. The summed E-state index contributed by atoms with van der Waals surface area (Å²) in [5, 5.41) is 8.91. The lowest BCUT2D eigenvalue weighted by molar-refractivity contribution is 0.181. The van der Waals surface area contributed by atoms with Gasteiger partial charge in [0.1, 0.15) is 12.1 Å². The number of halogens is 2.